The zero-order valence-electron chi connectivity index (χ0n) is 18.9. The van der Waals surface area contributed by atoms with Gasteiger partial charge in [-0.2, -0.15) is 0 Å². The summed E-state index contributed by atoms with van der Waals surface area (Å²) >= 11 is 9.46. The molecule has 0 aromatic heterocycles. The van der Waals surface area contributed by atoms with Crippen LogP contribution in [0.1, 0.15) is 54.4 Å². The third kappa shape index (κ3) is 6.04. The number of likely N-dealkylation sites (tertiary alicyclic amines) is 1. The molecule has 1 heterocycles. The standard InChI is InChI=1S/C26H29BrClNO4/c1-3-21(24(30)18-9-13-20(28)14-10-18)22(17-7-11-19(27)12-8-17)23(26(32)33-2)25(31)29-15-5-4-6-16-29/h7-14,21-23H,3-6,15-16H2,1-2H3/t21-,22-,23+/m1/s1. The second-order valence-electron chi connectivity index (χ2n) is 8.35. The van der Waals surface area contributed by atoms with Crippen LogP contribution in [-0.4, -0.2) is 42.8 Å². The smallest absolute Gasteiger partial charge is 0.318 e. The normalized spacial score (nSPS) is 16.5. The zero-order valence-corrected chi connectivity index (χ0v) is 21.3. The van der Waals surface area contributed by atoms with Gasteiger partial charge in [0.1, 0.15) is 5.92 Å². The summed E-state index contributed by atoms with van der Waals surface area (Å²) in [6, 6.07) is 14.2. The number of ether oxygens (including phenoxy) is 1. The van der Waals surface area contributed by atoms with Gasteiger partial charge in [0.15, 0.2) is 5.78 Å². The Balaban J connectivity index is 2.09. The lowest BCUT2D eigenvalue weighted by Crippen LogP contribution is -2.47. The number of amides is 1. The number of esters is 1. The summed E-state index contributed by atoms with van der Waals surface area (Å²) in [4.78, 5) is 42.2. The van der Waals surface area contributed by atoms with Gasteiger partial charge in [-0.3, -0.25) is 14.4 Å². The van der Waals surface area contributed by atoms with Gasteiger partial charge in [0, 0.05) is 40.0 Å². The Morgan fingerprint density at radius 1 is 1.00 bits per heavy atom. The Morgan fingerprint density at radius 3 is 2.15 bits per heavy atom. The van der Waals surface area contributed by atoms with Gasteiger partial charge in [0.05, 0.1) is 7.11 Å². The minimum Gasteiger partial charge on any atom is -0.468 e. The molecule has 7 heteroatoms. The van der Waals surface area contributed by atoms with Crippen LogP contribution in [0.2, 0.25) is 5.02 Å². The average molecular weight is 535 g/mol. The van der Waals surface area contributed by atoms with Gasteiger partial charge >= 0.3 is 5.97 Å². The summed E-state index contributed by atoms with van der Waals surface area (Å²) in [5.74, 6) is -3.35. The Labute approximate surface area is 208 Å². The van der Waals surface area contributed by atoms with E-state index in [9.17, 15) is 14.4 Å². The molecule has 1 amide bonds. The van der Waals surface area contributed by atoms with Crippen LogP contribution in [0.25, 0.3) is 0 Å². The number of benzene rings is 2. The molecule has 0 bridgehead atoms. The molecule has 2 aromatic carbocycles. The Kier molecular flexibility index (Phi) is 9.10. The molecular weight excluding hydrogens is 506 g/mol. The predicted molar refractivity (Wildman–Crippen MR) is 132 cm³/mol. The highest BCUT2D eigenvalue weighted by molar-refractivity contribution is 9.10. The van der Waals surface area contributed by atoms with E-state index in [1.54, 1.807) is 29.2 Å². The lowest BCUT2D eigenvalue weighted by molar-refractivity contribution is -0.155. The molecule has 3 rings (SSSR count). The molecule has 1 saturated heterocycles. The van der Waals surface area contributed by atoms with Gasteiger partial charge in [0.25, 0.3) is 0 Å². The van der Waals surface area contributed by atoms with E-state index in [1.807, 2.05) is 31.2 Å². The second kappa shape index (κ2) is 11.8. The summed E-state index contributed by atoms with van der Waals surface area (Å²) < 4.78 is 6.00. The maximum Gasteiger partial charge on any atom is 0.318 e. The molecule has 1 aliphatic heterocycles. The number of carbonyl (C=O) groups excluding carboxylic acids is 3. The molecule has 2 aromatic rings. The zero-order chi connectivity index (χ0) is 24.0. The molecule has 0 N–H and O–H groups in total. The van der Waals surface area contributed by atoms with Crippen LogP contribution < -0.4 is 0 Å². The van der Waals surface area contributed by atoms with Crippen LogP contribution in [0, 0.1) is 11.8 Å². The van der Waals surface area contributed by atoms with Crippen molar-refractivity contribution in [2.75, 3.05) is 20.2 Å². The minimum absolute atomic E-state index is 0.123. The topological polar surface area (TPSA) is 63.7 Å². The highest BCUT2D eigenvalue weighted by Gasteiger charge is 2.45. The first-order valence-corrected chi connectivity index (χ1v) is 12.5. The molecule has 176 valence electrons. The Hall–Kier alpha value is -2.18. The molecule has 0 unspecified atom stereocenters. The van der Waals surface area contributed by atoms with Gasteiger partial charge in [-0.05, 0) is 67.6 Å². The van der Waals surface area contributed by atoms with Gasteiger partial charge < -0.3 is 9.64 Å². The SMILES string of the molecule is CC[C@@H](C(=O)c1ccc(Cl)cc1)[C@@H](c1ccc(Br)cc1)[C@H](C(=O)OC)C(=O)N1CCCCC1. The van der Waals surface area contributed by atoms with Crippen LogP contribution in [0.5, 0.6) is 0 Å². The van der Waals surface area contributed by atoms with Crippen molar-refractivity contribution in [3.63, 3.8) is 0 Å². The number of ketones is 1. The van der Waals surface area contributed by atoms with Crippen LogP contribution in [0.3, 0.4) is 0 Å². The molecule has 0 spiro atoms. The second-order valence-corrected chi connectivity index (χ2v) is 9.70. The van der Waals surface area contributed by atoms with E-state index >= 15 is 0 Å². The van der Waals surface area contributed by atoms with E-state index in [-0.39, 0.29) is 11.7 Å². The fourth-order valence-corrected chi connectivity index (χ4v) is 5.00. The molecule has 3 atom stereocenters. The van der Waals surface area contributed by atoms with Crippen LogP contribution in [0.15, 0.2) is 53.0 Å². The number of Topliss-reactive ketones (excluding diaryl/α,β-unsaturated/α-hetero) is 1. The molecule has 0 aliphatic carbocycles. The summed E-state index contributed by atoms with van der Waals surface area (Å²) in [7, 11) is 1.29. The molecule has 0 radical (unpaired) electrons. The van der Waals surface area contributed by atoms with Crippen molar-refractivity contribution in [1.82, 2.24) is 4.90 Å². The maximum atomic E-state index is 13.7. The Bertz CT molecular complexity index is 971. The van der Waals surface area contributed by atoms with E-state index in [0.29, 0.717) is 30.1 Å². The van der Waals surface area contributed by atoms with Crippen molar-refractivity contribution in [2.24, 2.45) is 11.8 Å². The van der Waals surface area contributed by atoms with Gasteiger partial charge in [0.2, 0.25) is 5.91 Å². The first kappa shape index (κ1) is 25.4. The summed E-state index contributed by atoms with van der Waals surface area (Å²) in [6.07, 6.45) is 3.34. The molecular formula is C26H29BrClNO4. The first-order chi connectivity index (χ1) is 15.9. The van der Waals surface area contributed by atoms with Crippen molar-refractivity contribution in [2.45, 2.75) is 38.5 Å². The van der Waals surface area contributed by atoms with E-state index < -0.39 is 23.7 Å². The fraction of sp³-hybridized carbons (Fsp3) is 0.423. The van der Waals surface area contributed by atoms with E-state index in [4.69, 9.17) is 16.3 Å². The van der Waals surface area contributed by atoms with Crippen molar-refractivity contribution >= 4 is 45.2 Å². The van der Waals surface area contributed by atoms with E-state index in [2.05, 4.69) is 15.9 Å². The Morgan fingerprint density at radius 2 is 1.61 bits per heavy atom. The highest BCUT2D eigenvalue weighted by Crippen LogP contribution is 2.39. The third-order valence-corrected chi connectivity index (χ3v) is 7.12. The number of rotatable bonds is 8. The monoisotopic (exact) mass is 533 g/mol. The summed E-state index contributed by atoms with van der Waals surface area (Å²) in [6.45, 7) is 3.13. The fourth-order valence-electron chi connectivity index (χ4n) is 4.61. The predicted octanol–water partition coefficient (Wildman–Crippen LogP) is 5.90. The summed E-state index contributed by atoms with van der Waals surface area (Å²) in [5, 5.41) is 0.539. The lowest BCUT2D eigenvalue weighted by atomic mass is 9.72. The molecule has 0 saturated carbocycles. The average Bonchev–Trinajstić information content (AvgIpc) is 2.84. The van der Waals surface area contributed by atoms with Crippen molar-refractivity contribution in [3.05, 3.63) is 69.2 Å². The van der Waals surface area contributed by atoms with Crippen LogP contribution in [0.4, 0.5) is 0 Å². The maximum absolute atomic E-state index is 13.7. The highest BCUT2D eigenvalue weighted by atomic mass is 79.9. The summed E-state index contributed by atoms with van der Waals surface area (Å²) in [5.41, 5.74) is 1.26. The van der Waals surface area contributed by atoms with Crippen molar-refractivity contribution in [1.29, 1.82) is 0 Å². The molecule has 1 fully saturated rings. The first-order valence-electron chi connectivity index (χ1n) is 11.3. The number of methoxy groups -OCH3 is 1. The third-order valence-electron chi connectivity index (χ3n) is 6.34. The number of nitrogens with zero attached hydrogens (tertiary/aromatic N) is 1. The van der Waals surface area contributed by atoms with Crippen LogP contribution in [-0.2, 0) is 14.3 Å². The quantitative estimate of drug-likeness (QED) is 0.240. The molecule has 1 aliphatic rings. The number of carbonyl (C=O) groups is 3. The van der Waals surface area contributed by atoms with Crippen LogP contribution >= 0.6 is 27.5 Å². The number of hydrogen-bond donors (Lipinski definition) is 0. The van der Waals surface area contributed by atoms with E-state index in [0.717, 1.165) is 29.3 Å². The molecule has 33 heavy (non-hydrogen) atoms. The van der Waals surface area contributed by atoms with Gasteiger partial charge in [-0.1, -0.05) is 46.6 Å². The number of halogens is 2. The molecule has 5 nitrogen and oxygen atoms in total. The lowest BCUT2D eigenvalue weighted by Gasteiger charge is -2.35. The largest absolute Gasteiger partial charge is 0.468 e. The number of piperidine rings is 1. The van der Waals surface area contributed by atoms with Gasteiger partial charge in [-0.25, -0.2) is 0 Å². The van der Waals surface area contributed by atoms with Crippen molar-refractivity contribution in [3.8, 4) is 0 Å². The van der Waals surface area contributed by atoms with E-state index in [1.165, 1.54) is 7.11 Å². The minimum atomic E-state index is -1.10. The van der Waals surface area contributed by atoms with Crippen molar-refractivity contribution < 1.29 is 19.1 Å². The number of hydrogen-bond acceptors (Lipinski definition) is 4. The van der Waals surface area contributed by atoms with Gasteiger partial charge in [-0.15, -0.1) is 0 Å².